The second kappa shape index (κ2) is 5.92. The molecule has 7 heteroatoms. The number of hydrogen-bond acceptors (Lipinski definition) is 3. The minimum atomic E-state index is -3.16. The lowest BCUT2D eigenvalue weighted by molar-refractivity contribution is -0.122. The SMILES string of the molecule is O=C(Cc1cc(F)c(F)cc1F)C1CC2CCCC(C1)S2(=O)=O. The quantitative estimate of drug-likeness (QED) is 0.791. The normalized spacial score (nSPS) is 29.3. The van der Waals surface area contributed by atoms with Crippen molar-refractivity contribution in [2.24, 2.45) is 5.92 Å². The second-order valence-corrected chi connectivity index (χ2v) is 8.94. The molecule has 2 fully saturated rings. The van der Waals surface area contributed by atoms with Crippen LogP contribution in [-0.4, -0.2) is 24.7 Å². The Hall–Kier alpha value is -1.37. The molecular weight excluding hydrogens is 329 g/mol. The van der Waals surface area contributed by atoms with E-state index in [2.05, 4.69) is 0 Å². The van der Waals surface area contributed by atoms with Crippen molar-refractivity contribution in [3.05, 3.63) is 35.1 Å². The Morgan fingerprint density at radius 3 is 2.17 bits per heavy atom. The molecule has 0 saturated carbocycles. The van der Waals surface area contributed by atoms with E-state index >= 15 is 0 Å². The van der Waals surface area contributed by atoms with Crippen LogP contribution in [0.1, 0.15) is 37.7 Å². The maximum Gasteiger partial charge on any atom is 0.161 e. The van der Waals surface area contributed by atoms with E-state index in [0.717, 1.165) is 6.42 Å². The van der Waals surface area contributed by atoms with Crippen molar-refractivity contribution in [3.8, 4) is 0 Å². The summed E-state index contributed by atoms with van der Waals surface area (Å²) in [4.78, 5) is 12.4. The van der Waals surface area contributed by atoms with Crippen LogP contribution in [0.25, 0.3) is 0 Å². The molecule has 0 aliphatic carbocycles. The van der Waals surface area contributed by atoms with E-state index in [1.54, 1.807) is 0 Å². The molecule has 2 bridgehead atoms. The molecule has 2 atom stereocenters. The van der Waals surface area contributed by atoms with Gasteiger partial charge in [0.1, 0.15) is 11.6 Å². The molecule has 126 valence electrons. The Balaban J connectivity index is 1.76. The summed E-state index contributed by atoms with van der Waals surface area (Å²) < 4.78 is 64.2. The highest BCUT2D eigenvalue weighted by Gasteiger charge is 2.45. The van der Waals surface area contributed by atoms with Crippen molar-refractivity contribution in [2.75, 3.05) is 0 Å². The van der Waals surface area contributed by atoms with Crippen molar-refractivity contribution in [1.82, 2.24) is 0 Å². The van der Waals surface area contributed by atoms with Crippen LogP contribution in [0.4, 0.5) is 13.2 Å². The second-order valence-electron chi connectivity index (χ2n) is 6.43. The summed E-state index contributed by atoms with van der Waals surface area (Å²) in [7, 11) is -3.16. The molecule has 3 rings (SSSR count). The molecule has 1 aromatic carbocycles. The van der Waals surface area contributed by atoms with Crippen LogP contribution in [0.5, 0.6) is 0 Å². The number of hydrogen-bond donors (Lipinski definition) is 0. The predicted octanol–water partition coefficient (Wildman–Crippen LogP) is 2.96. The molecule has 0 radical (unpaired) electrons. The monoisotopic (exact) mass is 346 g/mol. The third-order valence-electron chi connectivity index (χ3n) is 4.99. The number of carbonyl (C=O) groups excluding carboxylic acids is 1. The molecule has 3 nitrogen and oxygen atoms in total. The van der Waals surface area contributed by atoms with Crippen LogP contribution in [0.2, 0.25) is 0 Å². The summed E-state index contributed by atoms with van der Waals surface area (Å²) in [5, 5.41) is -1.00. The Labute approximate surface area is 132 Å². The minimum absolute atomic E-state index is 0.188. The fourth-order valence-corrected chi connectivity index (χ4v) is 6.24. The van der Waals surface area contributed by atoms with Gasteiger partial charge in [0.15, 0.2) is 21.5 Å². The van der Waals surface area contributed by atoms with E-state index in [1.165, 1.54) is 0 Å². The van der Waals surface area contributed by atoms with E-state index in [4.69, 9.17) is 0 Å². The van der Waals surface area contributed by atoms with Crippen LogP contribution in [0, 0.1) is 23.4 Å². The number of halogens is 3. The molecule has 2 unspecified atom stereocenters. The lowest BCUT2D eigenvalue weighted by Gasteiger charge is -2.38. The third-order valence-corrected chi connectivity index (χ3v) is 7.70. The summed E-state index contributed by atoms with van der Waals surface area (Å²) in [5.74, 6) is -4.21. The van der Waals surface area contributed by atoms with Gasteiger partial charge in [-0.15, -0.1) is 0 Å². The van der Waals surface area contributed by atoms with Gasteiger partial charge in [0.05, 0.1) is 10.5 Å². The highest BCUT2D eigenvalue weighted by atomic mass is 32.2. The largest absolute Gasteiger partial charge is 0.299 e. The van der Waals surface area contributed by atoms with Gasteiger partial charge in [-0.25, -0.2) is 21.6 Å². The van der Waals surface area contributed by atoms with Gasteiger partial charge in [0, 0.05) is 18.4 Å². The molecule has 0 amide bonds. The predicted molar refractivity (Wildman–Crippen MR) is 78.1 cm³/mol. The number of benzene rings is 1. The first-order valence-electron chi connectivity index (χ1n) is 7.68. The first-order chi connectivity index (χ1) is 10.8. The number of ketones is 1. The van der Waals surface area contributed by atoms with Gasteiger partial charge in [0.25, 0.3) is 0 Å². The van der Waals surface area contributed by atoms with Gasteiger partial charge in [-0.2, -0.15) is 0 Å². The van der Waals surface area contributed by atoms with Gasteiger partial charge in [0.2, 0.25) is 0 Å². The zero-order valence-electron chi connectivity index (χ0n) is 12.4. The summed E-state index contributed by atoms with van der Waals surface area (Å²) in [6, 6.07) is 1.13. The number of Topliss-reactive ketones (excluding diaryl/α,β-unsaturated/α-hetero) is 1. The molecule has 0 aromatic heterocycles. The fraction of sp³-hybridized carbons (Fsp3) is 0.562. The summed E-state index contributed by atoms with van der Waals surface area (Å²) in [6.45, 7) is 0. The summed E-state index contributed by atoms with van der Waals surface area (Å²) in [6.07, 6.45) is 2.12. The van der Waals surface area contributed by atoms with E-state index < -0.39 is 43.7 Å². The van der Waals surface area contributed by atoms with E-state index in [1.807, 2.05) is 0 Å². The summed E-state index contributed by atoms with van der Waals surface area (Å²) in [5.41, 5.74) is -0.188. The summed E-state index contributed by atoms with van der Waals surface area (Å²) >= 11 is 0. The first kappa shape index (κ1) is 16.5. The molecule has 2 heterocycles. The van der Waals surface area contributed by atoms with Crippen molar-refractivity contribution in [3.63, 3.8) is 0 Å². The van der Waals surface area contributed by atoms with Gasteiger partial charge in [-0.1, -0.05) is 6.42 Å². The van der Waals surface area contributed by atoms with E-state index in [-0.39, 0.29) is 30.6 Å². The van der Waals surface area contributed by atoms with Gasteiger partial charge in [-0.05, 0) is 37.3 Å². The fourth-order valence-electron chi connectivity index (χ4n) is 3.70. The zero-order valence-corrected chi connectivity index (χ0v) is 13.2. The maximum absolute atomic E-state index is 13.7. The Morgan fingerprint density at radius 2 is 1.57 bits per heavy atom. The molecule has 1 aromatic rings. The van der Waals surface area contributed by atoms with Crippen molar-refractivity contribution in [1.29, 1.82) is 0 Å². The van der Waals surface area contributed by atoms with Gasteiger partial charge >= 0.3 is 0 Å². The van der Waals surface area contributed by atoms with E-state index in [9.17, 15) is 26.4 Å². The van der Waals surface area contributed by atoms with Crippen LogP contribution in [0.15, 0.2) is 12.1 Å². The molecule has 0 spiro atoms. The molecule has 2 aliphatic heterocycles. The molecule has 2 saturated heterocycles. The Kier molecular flexibility index (Phi) is 4.25. The van der Waals surface area contributed by atoms with Crippen LogP contribution in [0.3, 0.4) is 0 Å². The number of fused-ring (bicyclic) bond motifs is 2. The van der Waals surface area contributed by atoms with E-state index in [0.29, 0.717) is 25.0 Å². The minimum Gasteiger partial charge on any atom is -0.299 e. The Bertz CT molecular complexity index is 725. The topological polar surface area (TPSA) is 51.2 Å². The lowest BCUT2D eigenvalue weighted by atomic mass is 9.84. The number of rotatable bonds is 3. The van der Waals surface area contributed by atoms with Crippen LogP contribution >= 0.6 is 0 Å². The lowest BCUT2D eigenvalue weighted by Crippen LogP contribution is -2.45. The van der Waals surface area contributed by atoms with Crippen molar-refractivity contribution < 1.29 is 26.4 Å². The smallest absolute Gasteiger partial charge is 0.161 e. The number of carbonyl (C=O) groups is 1. The highest BCUT2D eigenvalue weighted by Crippen LogP contribution is 2.40. The zero-order chi connectivity index (χ0) is 16.8. The first-order valence-corrected chi connectivity index (χ1v) is 9.29. The Morgan fingerprint density at radius 1 is 1.00 bits per heavy atom. The van der Waals surface area contributed by atoms with Crippen LogP contribution < -0.4 is 0 Å². The third kappa shape index (κ3) is 3.03. The average Bonchev–Trinajstić information content (AvgIpc) is 2.43. The number of sulfone groups is 1. The van der Waals surface area contributed by atoms with Crippen LogP contribution in [-0.2, 0) is 21.1 Å². The van der Waals surface area contributed by atoms with Crippen molar-refractivity contribution >= 4 is 15.6 Å². The molecule has 23 heavy (non-hydrogen) atoms. The van der Waals surface area contributed by atoms with Gasteiger partial charge < -0.3 is 0 Å². The molecule has 0 N–H and O–H groups in total. The molecular formula is C16H17F3O3S. The maximum atomic E-state index is 13.7. The molecule has 2 aliphatic rings. The standard InChI is InChI=1S/C16H17F3O3S/c17-13-8-15(19)14(18)6-9(13)7-16(20)10-4-11-2-1-3-12(5-10)23(11,21)22/h6,8,10-12H,1-5,7H2. The highest BCUT2D eigenvalue weighted by molar-refractivity contribution is 7.92. The van der Waals surface area contributed by atoms with Crippen molar-refractivity contribution in [2.45, 2.75) is 49.0 Å². The van der Waals surface area contributed by atoms with Gasteiger partial charge in [-0.3, -0.25) is 4.79 Å². The average molecular weight is 346 g/mol.